The van der Waals surface area contributed by atoms with Crippen molar-refractivity contribution in [1.82, 2.24) is 0 Å². The zero-order chi connectivity index (χ0) is 6.57. The number of allylic oxidation sites excluding steroid dienone is 1. The summed E-state index contributed by atoms with van der Waals surface area (Å²) in [7, 11) is 0. The first kappa shape index (κ1) is 7.54. The molecule has 1 heteroatoms. The van der Waals surface area contributed by atoms with Gasteiger partial charge in [0.25, 0.3) is 0 Å². The average molecular weight is 114 g/mol. The summed E-state index contributed by atoms with van der Waals surface area (Å²) in [5, 5.41) is 8.66. The van der Waals surface area contributed by atoms with Gasteiger partial charge in [-0.05, 0) is 5.92 Å². The molecule has 0 aliphatic rings. The van der Waals surface area contributed by atoms with Crippen molar-refractivity contribution >= 4 is 0 Å². The van der Waals surface area contributed by atoms with Gasteiger partial charge in [-0.15, -0.1) is 0 Å². The summed E-state index contributed by atoms with van der Waals surface area (Å²) in [6.07, 6.45) is 1.86. The van der Waals surface area contributed by atoms with Gasteiger partial charge in [-0.1, -0.05) is 26.8 Å². The van der Waals surface area contributed by atoms with E-state index in [4.69, 9.17) is 5.11 Å². The molecule has 0 rings (SSSR count). The first-order chi connectivity index (χ1) is 3.66. The fourth-order valence-corrected chi connectivity index (χ4v) is 0.547. The van der Waals surface area contributed by atoms with Gasteiger partial charge in [0, 0.05) is 6.42 Å². The van der Waals surface area contributed by atoms with E-state index in [1.54, 1.807) is 0 Å². The van der Waals surface area contributed by atoms with E-state index in [0.29, 0.717) is 11.7 Å². The van der Waals surface area contributed by atoms with Crippen molar-refractivity contribution in [2.75, 3.05) is 0 Å². The van der Waals surface area contributed by atoms with Crippen molar-refractivity contribution in [3.63, 3.8) is 0 Å². The Morgan fingerprint density at radius 2 is 2.25 bits per heavy atom. The first-order valence-electron chi connectivity index (χ1n) is 3.03. The van der Waals surface area contributed by atoms with Gasteiger partial charge >= 0.3 is 0 Å². The molecule has 0 aromatic carbocycles. The van der Waals surface area contributed by atoms with Crippen LogP contribution in [0.5, 0.6) is 0 Å². The Bertz CT molecular complexity index is 76.5. The van der Waals surface area contributed by atoms with Crippen LogP contribution < -0.4 is 0 Å². The molecule has 0 saturated carbocycles. The molecule has 0 aromatic heterocycles. The lowest BCUT2D eigenvalue weighted by Crippen LogP contribution is -1.92. The second-order valence-electron chi connectivity index (χ2n) is 2.28. The lowest BCUT2D eigenvalue weighted by molar-refractivity contribution is 0.357. The maximum Gasteiger partial charge on any atom is 0.0853 e. The summed E-state index contributed by atoms with van der Waals surface area (Å²) in [6.45, 7) is 7.60. The standard InChI is InChI=1S/C7H14O/c1-4-6(2)5-7(3)8/h6,8H,3-5H2,1-2H3/t6-/m0/s1. The zero-order valence-corrected chi connectivity index (χ0v) is 5.65. The van der Waals surface area contributed by atoms with Crippen LogP contribution >= 0.6 is 0 Å². The van der Waals surface area contributed by atoms with Gasteiger partial charge in [-0.2, -0.15) is 0 Å². The maximum absolute atomic E-state index is 8.66. The maximum atomic E-state index is 8.66. The van der Waals surface area contributed by atoms with Crippen LogP contribution in [0.15, 0.2) is 12.3 Å². The summed E-state index contributed by atoms with van der Waals surface area (Å²) >= 11 is 0. The Balaban J connectivity index is 3.24. The number of aliphatic hydroxyl groups is 1. The fourth-order valence-electron chi connectivity index (χ4n) is 0.547. The molecule has 1 atom stereocenters. The minimum Gasteiger partial charge on any atom is -0.513 e. The first-order valence-corrected chi connectivity index (χ1v) is 3.03. The van der Waals surface area contributed by atoms with Crippen LogP contribution in [0.25, 0.3) is 0 Å². The van der Waals surface area contributed by atoms with Gasteiger partial charge in [0.15, 0.2) is 0 Å². The smallest absolute Gasteiger partial charge is 0.0853 e. The van der Waals surface area contributed by atoms with Gasteiger partial charge < -0.3 is 5.11 Å². The van der Waals surface area contributed by atoms with E-state index in [2.05, 4.69) is 20.4 Å². The van der Waals surface area contributed by atoms with Crippen molar-refractivity contribution in [2.24, 2.45) is 5.92 Å². The van der Waals surface area contributed by atoms with E-state index >= 15 is 0 Å². The highest BCUT2D eigenvalue weighted by Crippen LogP contribution is 2.09. The van der Waals surface area contributed by atoms with Gasteiger partial charge in [-0.3, -0.25) is 0 Å². The van der Waals surface area contributed by atoms with Crippen LogP contribution in [0.3, 0.4) is 0 Å². The molecular formula is C7H14O. The molecule has 0 aromatic rings. The van der Waals surface area contributed by atoms with Crippen LogP contribution in [0.2, 0.25) is 0 Å². The molecule has 0 amide bonds. The molecule has 0 aliphatic heterocycles. The quantitative estimate of drug-likeness (QED) is 0.559. The summed E-state index contributed by atoms with van der Waals surface area (Å²) in [6, 6.07) is 0. The fraction of sp³-hybridized carbons (Fsp3) is 0.714. The van der Waals surface area contributed by atoms with E-state index in [1.165, 1.54) is 0 Å². The topological polar surface area (TPSA) is 20.2 Å². The average Bonchev–Trinajstić information content (AvgIpc) is 1.65. The lowest BCUT2D eigenvalue weighted by atomic mass is 10.1. The number of hydrogen-bond donors (Lipinski definition) is 1. The minimum absolute atomic E-state index is 0.305. The highest BCUT2D eigenvalue weighted by atomic mass is 16.3. The molecule has 8 heavy (non-hydrogen) atoms. The molecule has 48 valence electrons. The van der Waals surface area contributed by atoms with Gasteiger partial charge in [0.1, 0.15) is 0 Å². The third-order valence-electron chi connectivity index (χ3n) is 1.28. The van der Waals surface area contributed by atoms with E-state index in [0.717, 1.165) is 12.8 Å². The lowest BCUT2D eigenvalue weighted by Gasteiger charge is -2.04. The highest BCUT2D eigenvalue weighted by Gasteiger charge is 1.97. The number of hydrogen-bond acceptors (Lipinski definition) is 1. The minimum atomic E-state index is 0.305. The van der Waals surface area contributed by atoms with Crippen molar-refractivity contribution in [3.05, 3.63) is 12.3 Å². The Morgan fingerprint density at radius 3 is 2.38 bits per heavy atom. The molecule has 1 nitrogen and oxygen atoms in total. The molecule has 0 aliphatic carbocycles. The largest absolute Gasteiger partial charge is 0.513 e. The summed E-state index contributed by atoms with van der Waals surface area (Å²) in [5.41, 5.74) is 0. The van der Waals surface area contributed by atoms with Gasteiger partial charge in [0.05, 0.1) is 5.76 Å². The molecule has 0 unspecified atom stereocenters. The molecule has 0 radical (unpaired) electrons. The number of aliphatic hydroxyl groups excluding tert-OH is 1. The molecular weight excluding hydrogens is 100 g/mol. The van der Waals surface area contributed by atoms with Crippen molar-refractivity contribution in [3.8, 4) is 0 Å². The predicted octanol–water partition coefficient (Wildman–Crippen LogP) is 2.49. The molecule has 1 N–H and O–H groups in total. The molecule has 0 saturated heterocycles. The summed E-state index contributed by atoms with van der Waals surface area (Å²) in [4.78, 5) is 0. The predicted molar refractivity (Wildman–Crippen MR) is 35.8 cm³/mol. The van der Waals surface area contributed by atoms with E-state index in [9.17, 15) is 0 Å². The SMILES string of the molecule is C=C(O)C[C@@H](C)CC. The molecule has 0 bridgehead atoms. The van der Waals surface area contributed by atoms with Crippen LogP contribution in [0.4, 0.5) is 0 Å². The van der Waals surface area contributed by atoms with Crippen LogP contribution in [-0.4, -0.2) is 5.11 Å². The highest BCUT2D eigenvalue weighted by molar-refractivity contribution is 4.80. The van der Waals surface area contributed by atoms with Crippen LogP contribution in [0.1, 0.15) is 26.7 Å². The summed E-state index contributed by atoms with van der Waals surface area (Å²) < 4.78 is 0. The second kappa shape index (κ2) is 3.53. The van der Waals surface area contributed by atoms with E-state index < -0.39 is 0 Å². The van der Waals surface area contributed by atoms with E-state index in [-0.39, 0.29) is 0 Å². The molecule has 0 spiro atoms. The third-order valence-corrected chi connectivity index (χ3v) is 1.28. The Kier molecular flexibility index (Phi) is 3.33. The van der Waals surface area contributed by atoms with Crippen LogP contribution in [-0.2, 0) is 0 Å². The monoisotopic (exact) mass is 114 g/mol. The number of rotatable bonds is 3. The Labute approximate surface area is 51.0 Å². The van der Waals surface area contributed by atoms with Crippen molar-refractivity contribution < 1.29 is 5.11 Å². The molecule has 0 fully saturated rings. The van der Waals surface area contributed by atoms with Crippen molar-refractivity contribution in [1.29, 1.82) is 0 Å². The normalized spacial score (nSPS) is 13.2. The van der Waals surface area contributed by atoms with Crippen LogP contribution in [0, 0.1) is 5.92 Å². The molecule has 0 heterocycles. The second-order valence-corrected chi connectivity index (χ2v) is 2.28. The van der Waals surface area contributed by atoms with Gasteiger partial charge in [0.2, 0.25) is 0 Å². The van der Waals surface area contributed by atoms with Gasteiger partial charge in [-0.25, -0.2) is 0 Å². The Hall–Kier alpha value is -0.460. The zero-order valence-electron chi connectivity index (χ0n) is 5.65. The van der Waals surface area contributed by atoms with E-state index in [1.807, 2.05) is 0 Å². The Morgan fingerprint density at radius 1 is 1.75 bits per heavy atom. The third kappa shape index (κ3) is 3.72. The summed E-state index contributed by atoms with van der Waals surface area (Å²) in [5.74, 6) is 0.881. The van der Waals surface area contributed by atoms with Crippen molar-refractivity contribution in [2.45, 2.75) is 26.7 Å².